The Labute approximate surface area is 232 Å². The fraction of sp³-hybridized carbons (Fsp3) is 0.630. The maximum Gasteiger partial charge on any atom is 0.295 e. The first-order valence-corrected chi connectivity index (χ1v) is 19.3. The number of hydrogen-bond acceptors (Lipinski definition) is 7. The van der Waals surface area contributed by atoms with E-state index in [2.05, 4.69) is 25.0 Å². The zero-order valence-electron chi connectivity index (χ0n) is 23.5. The van der Waals surface area contributed by atoms with Crippen LogP contribution >= 0.6 is 0 Å². The highest BCUT2D eigenvalue weighted by molar-refractivity contribution is 7.88. The monoisotopic (exact) mass is 579 g/mol. The molecule has 2 fully saturated rings. The van der Waals surface area contributed by atoms with Crippen LogP contribution in [0.1, 0.15) is 30.0 Å². The van der Waals surface area contributed by atoms with Gasteiger partial charge in [-0.2, -0.15) is 4.31 Å². The molecule has 1 aromatic heterocycles. The molecule has 12 heteroatoms. The second-order valence-corrected chi connectivity index (χ2v) is 19.5. The summed E-state index contributed by atoms with van der Waals surface area (Å²) in [6.45, 7) is 9.98. The summed E-state index contributed by atoms with van der Waals surface area (Å²) in [6.07, 6.45) is 5.62. The zero-order chi connectivity index (χ0) is 28.2. The van der Waals surface area contributed by atoms with E-state index in [-0.39, 0.29) is 18.1 Å². The predicted octanol–water partition coefficient (Wildman–Crippen LogP) is 2.85. The second kappa shape index (κ2) is 12.6. The average Bonchev–Trinajstić information content (AvgIpc) is 3.65. The highest BCUT2D eigenvalue weighted by Gasteiger charge is 2.37. The normalized spacial score (nSPS) is 20.4. The molecule has 2 atom stereocenters. The molecule has 0 radical (unpaired) electrons. The standard InChI is InChI=1S/C27H42FN5O4SSi/c1-38(35,36)33-14-12-31(13-15-33)26-27(34)32(20-37-16-17-39(2,3)4)19-23(30-26)6-5-11-29-25-18-24(25)21-7-9-22(28)10-8-21/h7-10,19,24-25,29H,5-6,11-18,20H2,1-4H3/t24-,25+/m0/s1. The summed E-state index contributed by atoms with van der Waals surface area (Å²) in [6, 6.07) is 8.16. The van der Waals surface area contributed by atoms with Gasteiger partial charge in [0.1, 0.15) is 12.5 Å². The van der Waals surface area contributed by atoms with Gasteiger partial charge in [-0.3, -0.25) is 9.36 Å². The summed E-state index contributed by atoms with van der Waals surface area (Å²) >= 11 is 0. The molecule has 216 valence electrons. The molecule has 4 rings (SSSR count). The number of halogens is 1. The van der Waals surface area contributed by atoms with Crippen molar-refractivity contribution in [2.24, 2.45) is 0 Å². The second-order valence-electron chi connectivity index (χ2n) is 11.9. The van der Waals surface area contributed by atoms with Crippen LogP contribution < -0.4 is 15.8 Å². The van der Waals surface area contributed by atoms with Crippen molar-refractivity contribution in [2.45, 2.75) is 63.6 Å². The molecule has 0 unspecified atom stereocenters. The van der Waals surface area contributed by atoms with Gasteiger partial charge < -0.3 is 15.0 Å². The molecule has 0 amide bonds. The van der Waals surface area contributed by atoms with Crippen LogP contribution in [0.3, 0.4) is 0 Å². The van der Waals surface area contributed by atoms with Crippen LogP contribution in [0, 0.1) is 5.82 Å². The summed E-state index contributed by atoms with van der Waals surface area (Å²) in [5, 5.41) is 3.59. The molecule has 9 nitrogen and oxygen atoms in total. The van der Waals surface area contributed by atoms with E-state index in [0.29, 0.717) is 57.0 Å². The SMILES string of the molecule is C[Si](C)(C)CCOCn1cc(CCCN[C@@H]2C[C@H]2c2ccc(F)cc2)nc(N2CCN(S(C)(=O)=O)CC2)c1=O. The van der Waals surface area contributed by atoms with Gasteiger partial charge in [0.2, 0.25) is 10.0 Å². The van der Waals surface area contributed by atoms with Gasteiger partial charge in [-0.15, -0.1) is 0 Å². The fourth-order valence-corrected chi connectivity index (χ4v) is 6.41. The van der Waals surface area contributed by atoms with Gasteiger partial charge in [0, 0.05) is 59.0 Å². The van der Waals surface area contributed by atoms with Crippen LogP contribution in [0.25, 0.3) is 0 Å². The highest BCUT2D eigenvalue weighted by Crippen LogP contribution is 2.40. The Morgan fingerprint density at radius 2 is 1.82 bits per heavy atom. The molecule has 1 N–H and O–H groups in total. The minimum absolute atomic E-state index is 0.175. The van der Waals surface area contributed by atoms with Crippen molar-refractivity contribution in [1.82, 2.24) is 19.2 Å². The smallest absolute Gasteiger partial charge is 0.295 e. The Kier molecular flexibility index (Phi) is 9.64. The third kappa shape index (κ3) is 8.68. The lowest BCUT2D eigenvalue weighted by Gasteiger charge is -2.33. The maximum absolute atomic E-state index is 13.3. The van der Waals surface area contributed by atoms with E-state index >= 15 is 0 Å². The topological polar surface area (TPSA) is 96.8 Å². The number of aromatic nitrogens is 2. The fourth-order valence-electron chi connectivity index (χ4n) is 4.83. The molecule has 1 aromatic carbocycles. The van der Waals surface area contributed by atoms with Gasteiger partial charge in [0.05, 0.1) is 11.9 Å². The third-order valence-electron chi connectivity index (χ3n) is 7.35. The van der Waals surface area contributed by atoms with E-state index in [4.69, 9.17) is 9.72 Å². The number of anilines is 1. The largest absolute Gasteiger partial charge is 0.361 e. The van der Waals surface area contributed by atoms with Gasteiger partial charge >= 0.3 is 0 Å². The third-order valence-corrected chi connectivity index (χ3v) is 10.4. The number of ether oxygens (including phenoxy) is 1. The van der Waals surface area contributed by atoms with Crippen LogP contribution in [-0.4, -0.2) is 82.0 Å². The molecular formula is C27H42FN5O4SSi. The zero-order valence-corrected chi connectivity index (χ0v) is 25.3. The lowest BCUT2D eigenvalue weighted by molar-refractivity contribution is 0.0844. The van der Waals surface area contributed by atoms with Crippen LogP contribution in [0.5, 0.6) is 0 Å². The minimum Gasteiger partial charge on any atom is -0.361 e. The van der Waals surface area contributed by atoms with Crippen LogP contribution in [0.4, 0.5) is 10.2 Å². The first-order valence-electron chi connectivity index (χ1n) is 13.8. The van der Waals surface area contributed by atoms with Gasteiger partial charge in [-0.05, 0) is 49.5 Å². The van der Waals surface area contributed by atoms with Crippen molar-refractivity contribution in [3.8, 4) is 0 Å². The van der Waals surface area contributed by atoms with Crippen molar-refractivity contribution in [2.75, 3.05) is 50.5 Å². The van der Waals surface area contributed by atoms with Gasteiger partial charge in [-0.25, -0.2) is 17.8 Å². The Balaban J connectivity index is 1.37. The van der Waals surface area contributed by atoms with E-state index < -0.39 is 18.1 Å². The van der Waals surface area contributed by atoms with Gasteiger partial charge in [0.15, 0.2) is 5.82 Å². The molecule has 1 saturated heterocycles. The molecule has 0 spiro atoms. The van der Waals surface area contributed by atoms with E-state index in [1.165, 1.54) is 22.7 Å². The molecular weight excluding hydrogens is 537 g/mol. The van der Waals surface area contributed by atoms with E-state index in [0.717, 1.165) is 36.7 Å². The average molecular weight is 580 g/mol. The molecule has 2 heterocycles. The molecule has 2 aromatic rings. The number of sulfonamides is 1. The Hall–Kier alpha value is -2.12. The van der Waals surface area contributed by atoms with E-state index in [9.17, 15) is 17.6 Å². The first kappa shape index (κ1) is 29.8. The van der Waals surface area contributed by atoms with Crippen molar-refractivity contribution in [3.05, 3.63) is 57.9 Å². The van der Waals surface area contributed by atoms with Crippen molar-refractivity contribution in [3.63, 3.8) is 0 Å². The van der Waals surface area contributed by atoms with Crippen molar-refractivity contribution >= 4 is 23.9 Å². The quantitative estimate of drug-likeness (QED) is 0.288. The lowest BCUT2D eigenvalue weighted by atomic mass is 10.1. The number of aryl methyl sites for hydroxylation is 1. The molecule has 0 bridgehead atoms. The maximum atomic E-state index is 13.3. The summed E-state index contributed by atoms with van der Waals surface area (Å²) in [5.74, 6) is 0.577. The Morgan fingerprint density at radius 3 is 2.46 bits per heavy atom. The van der Waals surface area contributed by atoms with Gasteiger partial charge in [0.25, 0.3) is 5.56 Å². The van der Waals surface area contributed by atoms with E-state index in [1.54, 1.807) is 10.8 Å². The lowest BCUT2D eigenvalue weighted by Crippen LogP contribution is -2.50. The highest BCUT2D eigenvalue weighted by atomic mass is 32.2. The van der Waals surface area contributed by atoms with Crippen molar-refractivity contribution < 1.29 is 17.5 Å². The molecule has 2 aliphatic rings. The Morgan fingerprint density at radius 1 is 1.13 bits per heavy atom. The minimum atomic E-state index is -3.26. The van der Waals surface area contributed by atoms with Crippen LogP contribution in [0.2, 0.25) is 25.7 Å². The summed E-state index contributed by atoms with van der Waals surface area (Å²) < 4.78 is 46.0. The Bertz CT molecular complexity index is 1270. The summed E-state index contributed by atoms with van der Waals surface area (Å²) in [7, 11) is -4.51. The number of piperazine rings is 1. The van der Waals surface area contributed by atoms with E-state index in [1.807, 2.05) is 17.0 Å². The molecule has 1 aliphatic carbocycles. The number of nitrogens with zero attached hydrogens (tertiary/aromatic N) is 4. The number of rotatable bonds is 13. The van der Waals surface area contributed by atoms with Crippen molar-refractivity contribution in [1.29, 1.82) is 0 Å². The molecule has 39 heavy (non-hydrogen) atoms. The summed E-state index contributed by atoms with van der Waals surface area (Å²) in [5.41, 5.74) is 1.77. The first-order chi connectivity index (χ1) is 18.4. The van der Waals surface area contributed by atoms with Crippen LogP contribution in [-0.2, 0) is 27.9 Å². The van der Waals surface area contributed by atoms with Gasteiger partial charge in [-0.1, -0.05) is 31.8 Å². The van der Waals surface area contributed by atoms with Crippen LogP contribution in [0.15, 0.2) is 35.3 Å². The summed E-state index contributed by atoms with van der Waals surface area (Å²) in [4.78, 5) is 19.9. The predicted molar refractivity (Wildman–Crippen MR) is 155 cm³/mol. The molecule has 1 saturated carbocycles. The number of nitrogens with one attached hydrogen (secondary N) is 1. The molecule has 1 aliphatic heterocycles. The number of benzene rings is 1. The number of hydrogen-bond donors (Lipinski definition) is 1.